The highest BCUT2D eigenvalue weighted by atomic mass is 16.6. The van der Waals surface area contributed by atoms with Crippen LogP contribution in [0.4, 0.5) is 5.69 Å². The van der Waals surface area contributed by atoms with Gasteiger partial charge < -0.3 is 9.47 Å². The minimum Gasteiger partial charge on any atom is -0.466 e. The van der Waals surface area contributed by atoms with Gasteiger partial charge in [0.1, 0.15) is 0 Å². The number of carbonyl (C=O) groups is 1. The summed E-state index contributed by atoms with van der Waals surface area (Å²) in [5.41, 5.74) is 6.46. The van der Waals surface area contributed by atoms with E-state index in [1.54, 1.807) is 19.1 Å². The monoisotopic (exact) mass is 458 g/mol. The number of nitrogens with zero attached hydrogens (tertiary/aromatic N) is 3. The highest BCUT2D eigenvalue weighted by molar-refractivity contribution is 6.06. The van der Waals surface area contributed by atoms with Gasteiger partial charge >= 0.3 is 5.97 Å². The van der Waals surface area contributed by atoms with Gasteiger partial charge in [0.05, 0.1) is 37.4 Å². The second-order valence-electron chi connectivity index (χ2n) is 7.92. The molecule has 0 bridgehead atoms. The number of hydrogen-bond donors (Lipinski definition) is 1. The average molecular weight is 459 g/mol. The van der Waals surface area contributed by atoms with Gasteiger partial charge in [0.25, 0.3) is 5.69 Å². The van der Waals surface area contributed by atoms with E-state index in [2.05, 4.69) is 15.4 Å². The van der Waals surface area contributed by atoms with Gasteiger partial charge in [-0.15, -0.1) is 0 Å². The lowest BCUT2D eigenvalue weighted by Gasteiger charge is -2.29. The van der Waals surface area contributed by atoms with E-state index < -0.39 is 16.8 Å². The SMILES string of the molecule is COC(=O)C1=C(C)N=C(C)/C(=C(\C)NOCCN2CCOCC2)C1c1cccc([N+](=O)[O-])c1. The molecule has 10 heteroatoms. The summed E-state index contributed by atoms with van der Waals surface area (Å²) in [5, 5.41) is 11.4. The van der Waals surface area contributed by atoms with Gasteiger partial charge in [-0.2, -0.15) is 0 Å². The Morgan fingerprint density at radius 2 is 2.06 bits per heavy atom. The maximum Gasteiger partial charge on any atom is 0.336 e. The number of nitro groups is 1. The quantitative estimate of drug-likeness (QED) is 0.274. The molecule has 1 N–H and O–H groups in total. The molecule has 10 nitrogen and oxygen atoms in total. The molecular weight excluding hydrogens is 428 g/mol. The maximum atomic E-state index is 12.7. The molecule has 0 aliphatic carbocycles. The van der Waals surface area contributed by atoms with Crippen LogP contribution in [0.5, 0.6) is 0 Å². The van der Waals surface area contributed by atoms with Crippen LogP contribution >= 0.6 is 0 Å². The lowest BCUT2D eigenvalue weighted by atomic mass is 9.79. The number of aliphatic imine (C=N–C) groups is 1. The Kier molecular flexibility index (Phi) is 8.32. The Morgan fingerprint density at radius 3 is 2.73 bits per heavy atom. The summed E-state index contributed by atoms with van der Waals surface area (Å²) in [6, 6.07) is 6.27. The van der Waals surface area contributed by atoms with Crippen molar-refractivity contribution >= 4 is 17.4 Å². The number of allylic oxidation sites excluding steroid dienone is 3. The van der Waals surface area contributed by atoms with E-state index in [-0.39, 0.29) is 5.69 Å². The number of carbonyl (C=O) groups excluding carboxylic acids is 1. The van der Waals surface area contributed by atoms with E-state index >= 15 is 0 Å². The van der Waals surface area contributed by atoms with Gasteiger partial charge in [-0.1, -0.05) is 12.1 Å². The van der Waals surface area contributed by atoms with E-state index in [1.165, 1.54) is 19.2 Å². The standard InChI is InChI=1S/C23H30N4O6/c1-15-20(17(3)25-33-13-10-26-8-11-32-12-9-26)22(21(16(2)24-15)23(28)31-4)18-6-5-7-19(14-18)27(29)30/h5-7,14,22,25H,8-13H2,1-4H3/b20-17-. The average Bonchev–Trinajstić information content (AvgIpc) is 2.81. The van der Waals surface area contributed by atoms with Crippen molar-refractivity contribution in [3.63, 3.8) is 0 Å². The van der Waals surface area contributed by atoms with E-state index in [0.717, 1.165) is 32.8 Å². The minimum atomic E-state index is -0.592. The topological polar surface area (TPSA) is 116 Å². The number of esters is 1. The van der Waals surface area contributed by atoms with Gasteiger partial charge in [-0.05, 0) is 26.3 Å². The highest BCUT2D eigenvalue weighted by Crippen LogP contribution is 2.40. The molecule has 2 aliphatic rings. The summed E-state index contributed by atoms with van der Waals surface area (Å²) in [6.45, 7) is 9.82. The Labute approximate surface area is 193 Å². The molecule has 0 radical (unpaired) electrons. The van der Waals surface area contributed by atoms with Crippen LogP contribution < -0.4 is 5.48 Å². The van der Waals surface area contributed by atoms with Crippen molar-refractivity contribution in [2.45, 2.75) is 26.7 Å². The molecule has 0 aromatic heterocycles. The minimum absolute atomic E-state index is 0.0544. The summed E-state index contributed by atoms with van der Waals surface area (Å²) in [7, 11) is 1.31. The van der Waals surface area contributed by atoms with Crippen LogP contribution in [0.3, 0.4) is 0 Å². The first-order chi connectivity index (χ1) is 15.8. The Morgan fingerprint density at radius 1 is 1.33 bits per heavy atom. The smallest absolute Gasteiger partial charge is 0.336 e. The molecule has 1 fully saturated rings. The first-order valence-electron chi connectivity index (χ1n) is 10.8. The fourth-order valence-electron chi connectivity index (χ4n) is 4.16. The number of rotatable bonds is 8. The fraction of sp³-hybridized carbons (Fsp3) is 0.478. The number of hydrogen-bond acceptors (Lipinski definition) is 9. The van der Waals surface area contributed by atoms with Crippen molar-refractivity contribution in [1.29, 1.82) is 0 Å². The number of methoxy groups -OCH3 is 1. The van der Waals surface area contributed by atoms with E-state index in [0.29, 0.717) is 40.4 Å². The molecular formula is C23H30N4O6. The Hall–Kier alpha value is -3.08. The zero-order chi connectivity index (χ0) is 24.0. The van der Waals surface area contributed by atoms with Gasteiger partial charge in [-0.25, -0.2) is 4.79 Å². The van der Waals surface area contributed by atoms with Crippen LogP contribution in [0.1, 0.15) is 32.3 Å². The lowest BCUT2D eigenvalue weighted by Crippen LogP contribution is -2.39. The van der Waals surface area contributed by atoms with Crippen molar-refractivity contribution in [3.05, 3.63) is 62.5 Å². The number of benzene rings is 1. The van der Waals surface area contributed by atoms with Crippen molar-refractivity contribution in [2.75, 3.05) is 46.6 Å². The van der Waals surface area contributed by atoms with Crippen LogP contribution in [0, 0.1) is 10.1 Å². The number of nitrogens with one attached hydrogen (secondary N) is 1. The molecule has 2 aliphatic heterocycles. The van der Waals surface area contributed by atoms with Crippen molar-refractivity contribution in [1.82, 2.24) is 10.4 Å². The van der Waals surface area contributed by atoms with Crippen molar-refractivity contribution < 1.29 is 24.0 Å². The molecule has 3 rings (SSSR count). The zero-order valence-electron chi connectivity index (χ0n) is 19.4. The molecule has 1 saturated heterocycles. The number of ether oxygens (including phenoxy) is 2. The van der Waals surface area contributed by atoms with Crippen LogP contribution in [0.2, 0.25) is 0 Å². The second kappa shape index (κ2) is 11.2. The van der Waals surface area contributed by atoms with E-state index in [1.807, 2.05) is 13.8 Å². The molecule has 2 heterocycles. The van der Waals surface area contributed by atoms with E-state index in [9.17, 15) is 14.9 Å². The molecule has 178 valence electrons. The van der Waals surface area contributed by atoms with Crippen LogP contribution in [-0.4, -0.2) is 68.1 Å². The predicted molar refractivity (Wildman–Crippen MR) is 123 cm³/mol. The second-order valence-corrected chi connectivity index (χ2v) is 7.92. The van der Waals surface area contributed by atoms with Gasteiger partial charge in [0, 0.05) is 60.4 Å². The first kappa shape index (κ1) is 24.6. The zero-order valence-corrected chi connectivity index (χ0v) is 19.4. The van der Waals surface area contributed by atoms with Crippen LogP contribution in [0.15, 0.2) is 51.8 Å². The van der Waals surface area contributed by atoms with Crippen LogP contribution in [0.25, 0.3) is 0 Å². The van der Waals surface area contributed by atoms with Crippen LogP contribution in [-0.2, 0) is 19.1 Å². The Balaban J connectivity index is 1.91. The summed E-state index contributed by atoms with van der Waals surface area (Å²) in [6.07, 6.45) is 0. The first-order valence-corrected chi connectivity index (χ1v) is 10.8. The summed E-state index contributed by atoms with van der Waals surface area (Å²) < 4.78 is 10.4. The normalized spacial score (nSPS) is 20.8. The predicted octanol–water partition coefficient (Wildman–Crippen LogP) is 2.73. The number of non-ortho nitro benzene ring substituents is 1. The summed E-state index contributed by atoms with van der Waals surface area (Å²) in [5.74, 6) is -1.12. The largest absolute Gasteiger partial charge is 0.466 e. The van der Waals surface area contributed by atoms with Gasteiger partial charge in [-0.3, -0.25) is 30.3 Å². The van der Waals surface area contributed by atoms with Gasteiger partial charge in [0.2, 0.25) is 0 Å². The third-order valence-corrected chi connectivity index (χ3v) is 5.75. The van der Waals surface area contributed by atoms with Crippen molar-refractivity contribution in [2.24, 2.45) is 4.99 Å². The molecule has 1 atom stereocenters. The molecule has 0 saturated carbocycles. The number of nitro benzene ring substituents is 1. The third-order valence-electron chi connectivity index (χ3n) is 5.75. The number of morpholine rings is 1. The molecule has 1 aromatic rings. The highest BCUT2D eigenvalue weighted by Gasteiger charge is 2.35. The summed E-state index contributed by atoms with van der Waals surface area (Å²) >= 11 is 0. The molecule has 0 spiro atoms. The van der Waals surface area contributed by atoms with E-state index in [4.69, 9.17) is 14.3 Å². The fourth-order valence-corrected chi connectivity index (χ4v) is 4.16. The van der Waals surface area contributed by atoms with Crippen molar-refractivity contribution in [3.8, 4) is 0 Å². The third kappa shape index (κ3) is 5.84. The maximum absolute atomic E-state index is 12.7. The summed E-state index contributed by atoms with van der Waals surface area (Å²) in [4.78, 5) is 36.2. The molecule has 33 heavy (non-hydrogen) atoms. The molecule has 0 amide bonds. The van der Waals surface area contributed by atoms with Gasteiger partial charge in [0.15, 0.2) is 0 Å². The molecule has 1 unspecified atom stereocenters. The number of hydroxylamine groups is 1. The molecule has 1 aromatic carbocycles. The lowest BCUT2D eigenvalue weighted by molar-refractivity contribution is -0.384. The Bertz CT molecular complexity index is 994.